The maximum Gasteiger partial charge on any atom is 0.432 e. The van der Waals surface area contributed by atoms with Crippen LogP contribution in [0.2, 0.25) is 0 Å². The van der Waals surface area contributed by atoms with Crippen LogP contribution in [0.4, 0.5) is 13.2 Å². The number of carbonyl (C=O) groups is 1. The number of hydrogen-bond donors (Lipinski definition) is 0. The Bertz CT molecular complexity index is 1110. The summed E-state index contributed by atoms with van der Waals surface area (Å²) in [6.45, 7) is 0. The summed E-state index contributed by atoms with van der Waals surface area (Å²) in [7, 11) is 0.858. The Balaban J connectivity index is 1.77. The SMILES string of the molecule is CO[C@](C(=O)O[C@H]1c2cc3ccccc3nc2CC[C@@H]1Br)(c1ccccc1)C(F)(F)F. The van der Waals surface area contributed by atoms with Gasteiger partial charge in [0.2, 0.25) is 0 Å². The smallest absolute Gasteiger partial charge is 0.432 e. The summed E-state index contributed by atoms with van der Waals surface area (Å²) in [5, 5.41) is 0.820. The normalized spacial score (nSPS) is 20.7. The highest BCUT2D eigenvalue weighted by Gasteiger charge is 2.64. The van der Waals surface area contributed by atoms with Crippen molar-refractivity contribution in [3.8, 4) is 0 Å². The van der Waals surface area contributed by atoms with Crippen LogP contribution in [0.15, 0.2) is 60.7 Å². The first-order valence-corrected chi connectivity index (χ1v) is 10.6. The standard InChI is InChI=1S/C23H19BrF3NO3/c1-30-22(23(25,26)27,15-8-3-2-4-9-15)21(29)31-20-16-13-14-7-5-6-10-18(14)28-19(16)12-11-17(20)24/h2-10,13,17,20H,11-12H2,1H3/t17-,20-,22-/m0/s1. The Kier molecular flexibility index (Phi) is 5.79. The second-order valence-corrected chi connectivity index (χ2v) is 8.52. The molecule has 0 fully saturated rings. The summed E-state index contributed by atoms with van der Waals surface area (Å²) >= 11 is 3.49. The first kappa shape index (κ1) is 21.8. The number of carbonyl (C=O) groups excluding carboxylic acids is 1. The molecule has 2 aromatic carbocycles. The fourth-order valence-electron chi connectivity index (χ4n) is 3.96. The van der Waals surface area contributed by atoms with Gasteiger partial charge in [0.15, 0.2) is 0 Å². The van der Waals surface area contributed by atoms with E-state index in [1.807, 2.05) is 30.3 Å². The molecule has 31 heavy (non-hydrogen) atoms. The van der Waals surface area contributed by atoms with Gasteiger partial charge < -0.3 is 9.47 Å². The number of ether oxygens (including phenoxy) is 2. The number of nitrogens with zero attached hydrogens (tertiary/aromatic N) is 1. The van der Waals surface area contributed by atoms with E-state index in [1.165, 1.54) is 24.3 Å². The van der Waals surface area contributed by atoms with Crippen molar-refractivity contribution < 1.29 is 27.4 Å². The van der Waals surface area contributed by atoms with Gasteiger partial charge >= 0.3 is 12.1 Å². The zero-order chi connectivity index (χ0) is 22.2. The third-order valence-electron chi connectivity index (χ3n) is 5.54. The molecular weight excluding hydrogens is 475 g/mol. The minimum atomic E-state index is -5.03. The molecule has 0 amide bonds. The van der Waals surface area contributed by atoms with E-state index in [4.69, 9.17) is 9.47 Å². The number of hydrogen-bond acceptors (Lipinski definition) is 4. The zero-order valence-electron chi connectivity index (χ0n) is 16.5. The molecule has 0 aliphatic heterocycles. The summed E-state index contributed by atoms with van der Waals surface area (Å²) in [5.41, 5.74) is -1.48. The van der Waals surface area contributed by atoms with Gasteiger partial charge in [-0.05, 0) is 25.0 Å². The lowest BCUT2D eigenvalue weighted by Crippen LogP contribution is -2.52. The predicted molar refractivity (Wildman–Crippen MR) is 113 cm³/mol. The van der Waals surface area contributed by atoms with Crippen molar-refractivity contribution in [3.05, 3.63) is 77.5 Å². The number of halogens is 4. The third-order valence-corrected chi connectivity index (χ3v) is 6.47. The van der Waals surface area contributed by atoms with Crippen LogP contribution in [0.5, 0.6) is 0 Å². The Hall–Kier alpha value is -2.45. The topological polar surface area (TPSA) is 48.4 Å². The molecule has 1 heterocycles. The van der Waals surface area contributed by atoms with Crippen LogP contribution in [-0.2, 0) is 26.3 Å². The number of pyridine rings is 1. The van der Waals surface area contributed by atoms with Crippen molar-refractivity contribution in [2.24, 2.45) is 0 Å². The number of rotatable bonds is 4. The van der Waals surface area contributed by atoms with Crippen LogP contribution in [0.3, 0.4) is 0 Å². The Labute approximate surface area is 185 Å². The minimum Gasteiger partial charge on any atom is -0.454 e. The molecule has 0 saturated carbocycles. The van der Waals surface area contributed by atoms with E-state index in [9.17, 15) is 18.0 Å². The molecule has 4 nitrogen and oxygen atoms in total. The van der Waals surface area contributed by atoms with E-state index in [0.29, 0.717) is 24.1 Å². The quantitative estimate of drug-likeness (QED) is 0.349. The fraction of sp³-hybridized carbons (Fsp3) is 0.304. The van der Waals surface area contributed by atoms with Crippen LogP contribution in [0.1, 0.15) is 29.3 Å². The van der Waals surface area contributed by atoms with Gasteiger partial charge in [-0.2, -0.15) is 13.2 Å². The van der Waals surface area contributed by atoms with Crippen LogP contribution in [0.25, 0.3) is 10.9 Å². The van der Waals surface area contributed by atoms with Gasteiger partial charge in [0.25, 0.3) is 5.60 Å². The number of para-hydroxylation sites is 1. The zero-order valence-corrected chi connectivity index (χ0v) is 18.1. The first-order valence-electron chi connectivity index (χ1n) is 9.69. The van der Waals surface area contributed by atoms with Crippen LogP contribution in [-0.4, -0.2) is 29.1 Å². The minimum absolute atomic E-state index is 0.339. The molecule has 1 aliphatic carbocycles. The first-order chi connectivity index (χ1) is 14.8. The van der Waals surface area contributed by atoms with Crippen molar-refractivity contribution >= 4 is 32.8 Å². The third kappa shape index (κ3) is 3.72. The Morgan fingerprint density at radius 1 is 1.10 bits per heavy atom. The molecule has 8 heteroatoms. The van der Waals surface area contributed by atoms with E-state index in [-0.39, 0.29) is 10.4 Å². The van der Waals surface area contributed by atoms with Gasteiger partial charge in [-0.1, -0.05) is 64.5 Å². The lowest BCUT2D eigenvalue weighted by molar-refractivity contribution is -0.278. The molecule has 0 N–H and O–H groups in total. The second kappa shape index (κ2) is 8.24. The molecule has 1 aromatic heterocycles. The maximum absolute atomic E-state index is 14.2. The van der Waals surface area contributed by atoms with E-state index in [2.05, 4.69) is 20.9 Å². The fourth-order valence-corrected chi connectivity index (χ4v) is 4.58. The summed E-state index contributed by atoms with van der Waals surface area (Å²) in [4.78, 5) is 17.4. The molecule has 0 bridgehead atoms. The highest BCUT2D eigenvalue weighted by molar-refractivity contribution is 9.09. The van der Waals surface area contributed by atoms with Gasteiger partial charge in [0.05, 0.1) is 10.3 Å². The monoisotopic (exact) mass is 493 g/mol. The molecule has 3 atom stereocenters. The number of alkyl halides is 4. The summed E-state index contributed by atoms with van der Waals surface area (Å²) in [6.07, 6.45) is -4.78. The number of benzene rings is 2. The number of methoxy groups -OCH3 is 1. The largest absolute Gasteiger partial charge is 0.454 e. The number of fused-ring (bicyclic) bond motifs is 2. The summed E-state index contributed by atoms with van der Waals surface area (Å²) in [5.74, 6) is -1.51. The Morgan fingerprint density at radius 2 is 1.77 bits per heavy atom. The highest BCUT2D eigenvalue weighted by atomic mass is 79.9. The molecular formula is C23H19BrF3NO3. The van der Waals surface area contributed by atoms with E-state index in [1.54, 1.807) is 6.07 Å². The van der Waals surface area contributed by atoms with Crippen molar-refractivity contribution in [2.75, 3.05) is 7.11 Å². The average Bonchev–Trinajstić information content (AvgIpc) is 2.75. The van der Waals surface area contributed by atoms with E-state index >= 15 is 0 Å². The van der Waals surface area contributed by atoms with Crippen LogP contribution in [0, 0.1) is 0 Å². The van der Waals surface area contributed by atoms with Crippen molar-refractivity contribution in [3.63, 3.8) is 0 Å². The maximum atomic E-state index is 14.2. The number of aromatic nitrogens is 1. The lowest BCUT2D eigenvalue weighted by Gasteiger charge is -2.36. The molecule has 0 spiro atoms. The molecule has 162 valence electrons. The predicted octanol–water partition coefficient (Wildman–Crippen LogP) is 5.63. The Morgan fingerprint density at radius 3 is 2.45 bits per heavy atom. The highest BCUT2D eigenvalue weighted by Crippen LogP contribution is 2.45. The van der Waals surface area contributed by atoms with Crippen LogP contribution >= 0.6 is 15.9 Å². The van der Waals surface area contributed by atoms with Crippen molar-refractivity contribution in [2.45, 2.75) is 35.6 Å². The van der Waals surface area contributed by atoms with Gasteiger partial charge in [-0.25, -0.2) is 4.79 Å². The van der Waals surface area contributed by atoms with Gasteiger partial charge in [-0.3, -0.25) is 4.98 Å². The molecule has 1 aliphatic rings. The molecule has 3 aromatic rings. The second-order valence-electron chi connectivity index (χ2n) is 7.35. The van der Waals surface area contributed by atoms with Crippen LogP contribution < -0.4 is 0 Å². The van der Waals surface area contributed by atoms with Gasteiger partial charge in [-0.15, -0.1) is 0 Å². The molecule has 4 rings (SSSR count). The summed E-state index contributed by atoms with van der Waals surface area (Å²) < 4.78 is 53.1. The van der Waals surface area contributed by atoms with Gasteiger partial charge in [0, 0.05) is 29.3 Å². The summed E-state index contributed by atoms with van der Waals surface area (Å²) in [6, 6.07) is 16.1. The average molecular weight is 494 g/mol. The van der Waals surface area contributed by atoms with Crippen molar-refractivity contribution in [1.82, 2.24) is 4.98 Å². The number of aryl methyl sites for hydroxylation is 1. The van der Waals surface area contributed by atoms with Crippen molar-refractivity contribution in [1.29, 1.82) is 0 Å². The molecule has 0 saturated heterocycles. The number of esters is 1. The van der Waals surface area contributed by atoms with E-state index < -0.39 is 23.9 Å². The molecule has 0 radical (unpaired) electrons. The lowest BCUT2D eigenvalue weighted by atomic mass is 9.90. The van der Waals surface area contributed by atoms with Gasteiger partial charge in [0.1, 0.15) is 6.10 Å². The molecule has 0 unspecified atom stereocenters. The van der Waals surface area contributed by atoms with E-state index in [0.717, 1.165) is 18.0 Å².